The molecule has 1 unspecified atom stereocenters. The van der Waals surface area contributed by atoms with Crippen LogP contribution in [0.15, 0.2) is 0 Å². The van der Waals surface area contributed by atoms with Crippen LogP contribution in [0.3, 0.4) is 0 Å². The van der Waals surface area contributed by atoms with Gasteiger partial charge >= 0.3 is 0 Å². The topological polar surface area (TPSA) is 44.4 Å². The predicted molar refractivity (Wildman–Crippen MR) is 78.2 cm³/mol. The lowest BCUT2D eigenvalue weighted by Crippen LogP contribution is -2.32. The number of carbonyl (C=O) groups excluding carboxylic acids is 1. The van der Waals surface area contributed by atoms with E-state index in [0.717, 1.165) is 13.0 Å². The number of rotatable bonds is 7. The van der Waals surface area contributed by atoms with Crippen molar-refractivity contribution in [2.75, 3.05) is 26.2 Å². The van der Waals surface area contributed by atoms with Gasteiger partial charge in [0.1, 0.15) is 0 Å². The second kappa shape index (κ2) is 7.85. The van der Waals surface area contributed by atoms with E-state index in [4.69, 9.17) is 0 Å². The summed E-state index contributed by atoms with van der Waals surface area (Å²) < 4.78 is 0. The molecule has 110 valence electrons. The van der Waals surface area contributed by atoms with Gasteiger partial charge in [0.05, 0.1) is 0 Å². The van der Waals surface area contributed by atoms with Crippen LogP contribution in [-0.2, 0) is 4.79 Å². The molecule has 1 atom stereocenters. The predicted octanol–water partition coefficient (Wildman–Crippen LogP) is 1.51. The fourth-order valence-corrected chi connectivity index (χ4v) is 2.76. The van der Waals surface area contributed by atoms with Gasteiger partial charge in [-0.25, -0.2) is 0 Å². The molecular formula is C15H29N3O. The van der Waals surface area contributed by atoms with E-state index >= 15 is 0 Å². The number of nitrogens with zero attached hydrogens (tertiary/aromatic N) is 1. The number of likely N-dealkylation sites (tertiary alicyclic amines) is 1. The van der Waals surface area contributed by atoms with Gasteiger partial charge in [0, 0.05) is 18.5 Å². The highest BCUT2D eigenvalue weighted by molar-refractivity contribution is 5.76. The summed E-state index contributed by atoms with van der Waals surface area (Å²) in [6.45, 7) is 6.87. The smallest absolute Gasteiger partial charge is 0.220 e. The third-order valence-electron chi connectivity index (χ3n) is 4.22. The van der Waals surface area contributed by atoms with Crippen molar-refractivity contribution in [3.63, 3.8) is 0 Å². The van der Waals surface area contributed by atoms with Crippen molar-refractivity contribution in [1.29, 1.82) is 0 Å². The number of carbonyl (C=O) groups is 1. The van der Waals surface area contributed by atoms with Crippen molar-refractivity contribution in [1.82, 2.24) is 15.5 Å². The molecule has 4 heteroatoms. The Kier molecular flexibility index (Phi) is 6.11. The molecule has 4 nitrogen and oxygen atoms in total. The highest BCUT2D eigenvalue weighted by Crippen LogP contribution is 2.18. The minimum atomic E-state index is 0.238. The Balaban J connectivity index is 1.51. The Morgan fingerprint density at radius 2 is 2.00 bits per heavy atom. The third-order valence-corrected chi connectivity index (χ3v) is 4.22. The van der Waals surface area contributed by atoms with Crippen molar-refractivity contribution in [2.45, 2.75) is 64.0 Å². The maximum atomic E-state index is 11.5. The molecule has 0 aromatic heterocycles. The first-order chi connectivity index (χ1) is 9.28. The van der Waals surface area contributed by atoms with E-state index in [2.05, 4.69) is 22.5 Å². The van der Waals surface area contributed by atoms with Crippen molar-refractivity contribution in [3.05, 3.63) is 0 Å². The number of amides is 1. The fourth-order valence-electron chi connectivity index (χ4n) is 2.76. The maximum absolute atomic E-state index is 11.5. The van der Waals surface area contributed by atoms with E-state index in [1.54, 1.807) is 0 Å². The van der Waals surface area contributed by atoms with Gasteiger partial charge in [-0.3, -0.25) is 4.79 Å². The lowest BCUT2D eigenvalue weighted by Gasteiger charge is -2.18. The van der Waals surface area contributed by atoms with Gasteiger partial charge in [-0.2, -0.15) is 0 Å². The Morgan fingerprint density at radius 1 is 1.16 bits per heavy atom. The van der Waals surface area contributed by atoms with Gasteiger partial charge in [-0.05, 0) is 64.7 Å². The first kappa shape index (κ1) is 14.8. The van der Waals surface area contributed by atoms with E-state index < -0.39 is 0 Å². The Labute approximate surface area is 117 Å². The van der Waals surface area contributed by atoms with Gasteiger partial charge in [0.25, 0.3) is 0 Å². The summed E-state index contributed by atoms with van der Waals surface area (Å²) in [7, 11) is 0. The lowest BCUT2D eigenvalue weighted by atomic mass is 10.1. The number of hydrogen-bond donors (Lipinski definition) is 2. The van der Waals surface area contributed by atoms with Crippen LogP contribution in [0.1, 0.15) is 51.9 Å². The molecule has 19 heavy (non-hydrogen) atoms. The first-order valence-corrected chi connectivity index (χ1v) is 8.03. The molecule has 0 spiro atoms. The quantitative estimate of drug-likeness (QED) is 0.687. The standard InChI is InChI=1S/C15H29N3O/c1-2-18-11-4-5-13(9-12-18)16-10-3-6-15(19)17-14-7-8-14/h13-14,16H,2-12H2,1H3,(H,17,19). The SMILES string of the molecule is CCN1CCCC(NCCCC(=O)NC2CC2)CC1. The summed E-state index contributed by atoms with van der Waals surface area (Å²) in [5, 5.41) is 6.67. The highest BCUT2D eigenvalue weighted by atomic mass is 16.1. The molecule has 2 N–H and O–H groups in total. The summed E-state index contributed by atoms with van der Waals surface area (Å²) in [5.41, 5.74) is 0. The Hall–Kier alpha value is -0.610. The van der Waals surface area contributed by atoms with E-state index in [9.17, 15) is 4.79 Å². The zero-order chi connectivity index (χ0) is 13.5. The van der Waals surface area contributed by atoms with E-state index in [0.29, 0.717) is 18.5 Å². The average Bonchev–Trinajstić information content (AvgIpc) is 3.21. The van der Waals surface area contributed by atoms with Crippen LogP contribution >= 0.6 is 0 Å². The van der Waals surface area contributed by atoms with Crippen molar-refractivity contribution in [3.8, 4) is 0 Å². The molecule has 0 aromatic carbocycles. The lowest BCUT2D eigenvalue weighted by molar-refractivity contribution is -0.121. The average molecular weight is 267 g/mol. The van der Waals surface area contributed by atoms with Crippen molar-refractivity contribution < 1.29 is 4.79 Å². The van der Waals surface area contributed by atoms with Gasteiger partial charge in [0.2, 0.25) is 5.91 Å². The summed E-state index contributed by atoms with van der Waals surface area (Å²) in [5.74, 6) is 0.238. The molecule has 1 saturated carbocycles. The molecule has 1 saturated heterocycles. The molecule has 0 aromatic rings. The summed E-state index contributed by atoms with van der Waals surface area (Å²) >= 11 is 0. The highest BCUT2D eigenvalue weighted by Gasteiger charge is 2.22. The van der Waals surface area contributed by atoms with Crippen LogP contribution in [-0.4, -0.2) is 49.1 Å². The molecule has 2 aliphatic rings. The largest absolute Gasteiger partial charge is 0.353 e. The third kappa shape index (κ3) is 5.91. The molecule has 0 bridgehead atoms. The van der Waals surface area contributed by atoms with Crippen molar-refractivity contribution >= 4 is 5.91 Å². The zero-order valence-electron chi connectivity index (χ0n) is 12.3. The molecule has 1 aliphatic heterocycles. The van der Waals surface area contributed by atoms with Crippen LogP contribution < -0.4 is 10.6 Å². The molecule has 1 aliphatic carbocycles. The molecule has 2 fully saturated rings. The van der Waals surface area contributed by atoms with Gasteiger partial charge in [-0.15, -0.1) is 0 Å². The summed E-state index contributed by atoms with van der Waals surface area (Å²) in [4.78, 5) is 14.1. The first-order valence-electron chi connectivity index (χ1n) is 8.03. The van der Waals surface area contributed by atoms with E-state index in [1.165, 1.54) is 51.7 Å². The van der Waals surface area contributed by atoms with Crippen LogP contribution in [0.25, 0.3) is 0 Å². The molecule has 0 radical (unpaired) electrons. The molecule has 2 rings (SSSR count). The van der Waals surface area contributed by atoms with Crippen LogP contribution in [0.5, 0.6) is 0 Å². The zero-order valence-corrected chi connectivity index (χ0v) is 12.3. The molecular weight excluding hydrogens is 238 g/mol. The fraction of sp³-hybridized carbons (Fsp3) is 0.933. The van der Waals surface area contributed by atoms with Crippen LogP contribution in [0.2, 0.25) is 0 Å². The summed E-state index contributed by atoms with van der Waals surface area (Å²) in [6, 6.07) is 1.16. The Morgan fingerprint density at radius 3 is 2.74 bits per heavy atom. The number of nitrogens with one attached hydrogen (secondary N) is 2. The van der Waals surface area contributed by atoms with Crippen molar-refractivity contribution in [2.24, 2.45) is 0 Å². The van der Waals surface area contributed by atoms with E-state index in [1.807, 2.05) is 0 Å². The number of hydrogen-bond acceptors (Lipinski definition) is 3. The van der Waals surface area contributed by atoms with Crippen LogP contribution in [0, 0.1) is 0 Å². The second-order valence-corrected chi connectivity index (χ2v) is 5.96. The normalized spacial score (nSPS) is 25.0. The summed E-state index contributed by atoms with van der Waals surface area (Å²) in [6.07, 6.45) is 7.84. The minimum absolute atomic E-state index is 0.238. The van der Waals surface area contributed by atoms with Gasteiger partial charge < -0.3 is 15.5 Å². The second-order valence-electron chi connectivity index (χ2n) is 5.96. The molecule has 1 heterocycles. The van der Waals surface area contributed by atoms with Crippen LogP contribution in [0.4, 0.5) is 0 Å². The monoisotopic (exact) mass is 267 g/mol. The van der Waals surface area contributed by atoms with Gasteiger partial charge in [0.15, 0.2) is 0 Å². The molecule has 1 amide bonds. The van der Waals surface area contributed by atoms with E-state index in [-0.39, 0.29) is 5.91 Å². The van der Waals surface area contributed by atoms with Gasteiger partial charge in [-0.1, -0.05) is 6.92 Å². The Bertz CT molecular complexity index is 279. The maximum Gasteiger partial charge on any atom is 0.220 e. The minimum Gasteiger partial charge on any atom is -0.353 e.